The second kappa shape index (κ2) is 9.09. The maximum atomic E-state index is 12.9. The first-order valence-corrected chi connectivity index (χ1v) is 10.3. The number of carbonyl (C=O) groups excluding carboxylic acids is 2. The molecule has 1 saturated heterocycles. The number of likely N-dealkylation sites (tertiary alicyclic amines) is 1. The molecule has 1 N–H and O–H groups in total. The molecule has 2 atom stereocenters. The van der Waals surface area contributed by atoms with Crippen molar-refractivity contribution in [1.29, 1.82) is 0 Å². The number of hydrogen-bond acceptors (Lipinski definition) is 3. The van der Waals surface area contributed by atoms with E-state index < -0.39 is 0 Å². The van der Waals surface area contributed by atoms with E-state index in [1.54, 1.807) is 11.8 Å². The molecule has 1 heterocycles. The molecule has 0 saturated carbocycles. The molecule has 5 heteroatoms. The van der Waals surface area contributed by atoms with E-state index in [0.717, 1.165) is 30.0 Å². The van der Waals surface area contributed by atoms with E-state index >= 15 is 0 Å². The Kier molecular flexibility index (Phi) is 6.56. The number of benzene rings is 2. The van der Waals surface area contributed by atoms with Crippen molar-refractivity contribution in [2.45, 2.75) is 36.8 Å². The summed E-state index contributed by atoms with van der Waals surface area (Å²) in [6.45, 7) is 5.22. The van der Waals surface area contributed by atoms with Crippen LogP contribution in [-0.2, 0) is 9.59 Å². The molecule has 27 heavy (non-hydrogen) atoms. The molecule has 3 rings (SSSR count). The summed E-state index contributed by atoms with van der Waals surface area (Å²) in [6, 6.07) is 17.7. The number of nitrogens with one attached hydrogen (secondary N) is 1. The molecule has 0 aromatic heterocycles. The molecule has 1 aliphatic rings. The van der Waals surface area contributed by atoms with Crippen molar-refractivity contribution in [2.24, 2.45) is 5.92 Å². The number of nitrogens with zero attached hydrogens (tertiary/aromatic N) is 1. The molecule has 0 unspecified atom stereocenters. The van der Waals surface area contributed by atoms with Crippen LogP contribution in [0.4, 0.5) is 5.69 Å². The molecule has 1 aliphatic heterocycles. The van der Waals surface area contributed by atoms with Gasteiger partial charge in [-0.3, -0.25) is 9.59 Å². The van der Waals surface area contributed by atoms with E-state index in [4.69, 9.17) is 0 Å². The molecule has 1 fully saturated rings. The van der Waals surface area contributed by atoms with E-state index in [9.17, 15) is 9.59 Å². The van der Waals surface area contributed by atoms with Gasteiger partial charge in [-0.25, -0.2) is 0 Å². The standard InChI is InChI=1S/C22H26N2O2S/c1-16-10-12-20(13-11-16)27-17(2)22(26)24-14-6-7-18(15-24)21(25)23-19-8-4-3-5-9-19/h3-5,8-13,17-18H,6-7,14-15H2,1-2H3,(H,23,25)/t17-,18+/m0/s1. The lowest BCUT2D eigenvalue weighted by atomic mass is 9.96. The van der Waals surface area contributed by atoms with Gasteiger partial charge in [0.15, 0.2) is 0 Å². The van der Waals surface area contributed by atoms with Gasteiger partial charge in [0, 0.05) is 23.7 Å². The fourth-order valence-electron chi connectivity index (χ4n) is 3.29. The van der Waals surface area contributed by atoms with E-state index in [2.05, 4.69) is 36.5 Å². The van der Waals surface area contributed by atoms with Crippen LogP contribution in [0.25, 0.3) is 0 Å². The fraction of sp³-hybridized carbons (Fsp3) is 0.364. The van der Waals surface area contributed by atoms with Crippen molar-refractivity contribution in [1.82, 2.24) is 4.90 Å². The van der Waals surface area contributed by atoms with Crippen LogP contribution in [0.5, 0.6) is 0 Å². The van der Waals surface area contributed by atoms with Crippen LogP contribution in [-0.4, -0.2) is 35.1 Å². The summed E-state index contributed by atoms with van der Waals surface area (Å²) in [4.78, 5) is 28.4. The molecular formula is C22H26N2O2S. The van der Waals surface area contributed by atoms with Crippen LogP contribution in [0, 0.1) is 12.8 Å². The first kappa shape index (κ1) is 19.5. The molecule has 0 aliphatic carbocycles. The fourth-order valence-corrected chi connectivity index (χ4v) is 4.24. The normalized spacial score (nSPS) is 18.0. The lowest BCUT2D eigenvalue weighted by molar-refractivity contribution is -0.133. The van der Waals surface area contributed by atoms with Gasteiger partial charge in [0.05, 0.1) is 11.2 Å². The van der Waals surface area contributed by atoms with Crippen molar-refractivity contribution in [3.63, 3.8) is 0 Å². The number of carbonyl (C=O) groups is 2. The molecule has 0 spiro atoms. The van der Waals surface area contributed by atoms with Crippen LogP contribution in [0.15, 0.2) is 59.5 Å². The summed E-state index contributed by atoms with van der Waals surface area (Å²) >= 11 is 1.57. The number of thioether (sulfide) groups is 1. The summed E-state index contributed by atoms with van der Waals surface area (Å²) < 4.78 is 0. The molecule has 0 radical (unpaired) electrons. The average Bonchev–Trinajstić information content (AvgIpc) is 2.70. The largest absolute Gasteiger partial charge is 0.341 e. The highest BCUT2D eigenvalue weighted by atomic mass is 32.2. The number of para-hydroxylation sites is 1. The van der Waals surface area contributed by atoms with Crippen molar-refractivity contribution >= 4 is 29.3 Å². The Labute approximate surface area is 165 Å². The van der Waals surface area contributed by atoms with E-state index in [1.165, 1.54) is 5.56 Å². The summed E-state index contributed by atoms with van der Waals surface area (Å²) in [5.74, 6) is -0.0465. The molecule has 142 valence electrons. The number of amides is 2. The van der Waals surface area contributed by atoms with Crippen molar-refractivity contribution in [3.05, 3.63) is 60.2 Å². The number of hydrogen-bond donors (Lipinski definition) is 1. The number of anilines is 1. The molecule has 2 aromatic rings. The Bertz CT molecular complexity index is 777. The smallest absolute Gasteiger partial charge is 0.235 e. The Morgan fingerprint density at radius 2 is 1.81 bits per heavy atom. The third-order valence-electron chi connectivity index (χ3n) is 4.83. The molecule has 2 aromatic carbocycles. The monoisotopic (exact) mass is 382 g/mol. The Morgan fingerprint density at radius 1 is 1.11 bits per heavy atom. The van der Waals surface area contributed by atoms with Gasteiger partial charge in [0.1, 0.15) is 0 Å². The maximum absolute atomic E-state index is 12.9. The highest BCUT2D eigenvalue weighted by molar-refractivity contribution is 8.00. The average molecular weight is 383 g/mol. The minimum atomic E-state index is -0.163. The van der Waals surface area contributed by atoms with Crippen molar-refractivity contribution in [2.75, 3.05) is 18.4 Å². The van der Waals surface area contributed by atoms with Gasteiger partial charge < -0.3 is 10.2 Å². The molecule has 2 amide bonds. The first-order valence-electron chi connectivity index (χ1n) is 9.41. The van der Waals surface area contributed by atoms with Gasteiger partial charge in [-0.15, -0.1) is 11.8 Å². The third kappa shape index (κ3) is 5.36. The summed E-state index contributed by atoms with van der Waals surface area (Å²) in [5, 5.41) is 2.80. The topological polar surface area (TPSA) is 49.4 Å². The van der Waals surface area contributed by atoms with Gasteiger partial charge in [-0.05, 0) is 51.0 Å². The first-order chi connectivity index (χ1) is 13.0. The van der Waals surface area contributed by atoms with Gasteiger partial charge in [-0.2, -0.15) is 0 Å². The van der Waals surface area contributed by atoms with Crippen LogP contribution in [0.2, 0.25) is 0 Å². The lowest BCUT2D eigenvalue weighted by Gasteiger charge is -2.33. The predicted octanol–water partition coefficient (Wildman–Crippen LogP) is 4.35. The van der Waals surface area contributed by atoms with Crippen LogP contribution in [0.1, 0.15) is 25.3 Å². The zero-order valence-corrected chi connectivity index (χ0v) is 16.7. The minimum absolute atomic E-state index is 0.00228. The zero-order chi connectivity index (χ0) is 19.2. The Hall–Kier alpha value is -2.27. The second-order valence-electron chi connectivity index (χ2n) is 7.05. The maximum Gasteiger partial charge on any atom is 0.235 e. The van der Waals surface area contributed by atoms with E-state index in [0.29, 0.717) is 6.54 Å². The van der Waals surface area contributed by atoms with E-state index in [-0.39, 0.29) is 23.0 Å². The van der Waals surface area contributed by atoms with Gasteiger partial charge in [0.25, 0.3) is 0 Å². The molecular weight excluding hydrogens is 356 g/mol. The van der Waals surface area contributed by atoms with E-state index in [1.807, 2.05) is 42.2 Å². The van der Waals surface area contributed by atoms with Crippen LogP contribution >= 0.6 is 11.8 Å². The van der Waals surface area contributed by atoms with Gasteiger partial charge >= 0.3 is 0 Å². The molecule has 0 bridgehead atoms. The highest BCUT2D eigenvalue weighted by Gasteiger charge is 2.30. The number of piperidine rings is 1. The summed E-state index contributed by atoms with van der Waals surface area (Å²) in [7, 11) is 0. The van der Waals surface area contributed by atoms with Crippen LogP contribution < -0.4 is 5.32 Å². The lowest BCUT2D eigenvalue weighted by Crippen LogP contribution is -2.46. The minimum Gasteiger partial charge on any atom is -0.341 e. The third-order valence-corrected chi connectivity index (χ3v) is 5.93. The summed E-state index contributed by atoms with van der Waals surface area (Å²) in [5.41, 5.74) is 2.01. The Balaban J connectivity index is 1.57. The number of aryl methyl sites for hydroxylation is 1. The quantitative estimate of drug-likeness (QED) is 0.782. The zero-order valence-electron chi connectivity index (χ0n) is 15.9. The Morgan fingerprint density at radius 3 is 2.52 bits per heavy atom. The highest BCUT2D eigenvalue weighted by Crippen LogP contribution is 2.27. The van der Waals surface area contributed by atoms with Crippen LogP contribution in [0.3, 0.4) is 0 Å². The predicted molar refractivity (Wildman–Crippen MR) is 111 cm³/mol. The summed E-state index contributed by atoms with van der Waals surface area (Å²) in [6.07, 6.45) is 1.68. The van der Waals surface area contributed by atoms with Crippen molar-refractivity contribution < 1.29 is 9.59 Å². The number of rotatable bonds is 5. The van der Waals surface area contributed by atoms with Crippen molar-refractivity contribution in [3.8, 4) is 0 Å². The SMILES string of the molecule is Cc1ccc(S[C@@H](C)C(=O)N2CCC[C@@H](C(=O)Nc3ccccc3)C2)cc1. The second-order valence-corrected chi connectivity index (χ2v) is 8.47. The van der Waals surface area contributed by atoms with Gasteiger partial charge in [0.2, 0.25) is 11.8 Å². The molecule has 4 nitrogen and oxygen atoms in total. The van der Waals surface area contributed by atoms with Gasteiger partial charge in [-0.1, -0.05) is 35.9 Å².